The van der Waals surface area contributed by atoms with Crippen LogP contribution in [0.2, 0.25) is 0 Å². The molecule has 0 radical (unpaired) electrons. The maximum Gasteiger partial charge on any atom is 0.0813 e. The number of benzene rings is 6. The summed E-state index contributed by atoms with van der Waals surface area (Å²) in [4.78, 5) is 0. The van der Waals surface area contributed by atoms with E-state index in [0.29, 0.717) is 12.5 Å². The van der Waals surface area contributed by atoms with Gasteiger partial charge in [0.05, 0.1) is 12.7 Å². The summed E-state index contributed by atoms with van der Waals surface area (Å²) in [6.45, 7) is 5.23. The summed E-state index contributed by atoms with van der Waals surface area (Å²) in [6, 6.07) is 39.5. The zero-order valence-electron chi connectivity index (χ0n) is 27.8. The third-order valence-electron chi connectivity index (χ3n) is 11.8. The second kappa shape index (κ2) is 11.8. The summed E-state index contributed by atoms with van der Waals surface area (Å²) in [5.41, 5.74) is 15.3. The molecule has 234 valence electrons. The van der Waals surface area contributed by atoms with Gasteiger partial charge >= 0.3 is 0 Å². The highest BCUT2D eigenvalue weighted by Gasteiger charge is 2.33. The SMILES string of the molecule is CCCC1CCC(c2ccc(-c3cc4c(c5c3[C@H](C)OCc3ccc6ccccc6c3-5)-c3c(ccc5ccccc35)CC4)cc2)CC1. The van der Waals surface area contributed by atoms with Crippen LogP contribution >= 0.6 is 0 Å². The fourth-order valence-corrected chi connectivity index (χ4v) is 9.40. The van der Waals surface area contributed by atoms with Crippen molar-refractivity contribution in [1.29, 1.82) is 0 Å². The van der Waals surface area contributed by atoms with Gasteiger partial charge in [-0.25, -0.2) is 0 Å². The summed E-state index contributed by atoms with van der Waals surface area (Å²) < 4.78 is 6.78. The fraction of sp³-hybridized carbons (Fsp3) is 0.304. The van der Waals surface area contributed by atoms with Crippen LogP contribution in [0.4, 0.5) is 0 Å². The quantitative estimate of drug-likeness (QED) is 0.192. The molecule has 1 nitrogen and oxygen atoms in total. The first-order valence-corrected chi connectivity index (χ1v) is 18.1. The topological polar surface area (TPSA) is 9.23 Å². The van der Waals surface area contributed by atoms with Crippen LogP contribution in [0.1, 0.15) is 92.2 Å². The molecule has 0 unspecified atom stereocenters. The maximum atomic E-state index is 6.78. The van der Waals surface area contributed by atoms with Gasteiger partial charge in [0.2, 0.25) is 0 Å². The molecule has 0 saturated heterocycles. The minimum atomic E-state index is -0.0367. The van der Waals surface area contributed by atoms with E-state index < -0.39 is 0 Å². The Morgan fingerprint density at radius 1 is 0.617 bits per heavy atom. The molecule has 2 aliphatic carbocycles. The number of rotatable bonds is 4. The third kappa shape index (κ3) is 4.85. The molecule has 1 saturated carbocycles. The van der Waals surface area contributed by atoms with Crippen molar-refractivity contribution in [3.63, 3.8) is 0 Å². The van der Waals surface area contributed by atoms with E-state index in [2.05, 4.69) is 117 Å². The van der Waals surface area contributed by atoms with Crippen molar-refractivity contribution in [2.75, 3.05) is 0 Å². The molecule has 0 N–H and O–H groups in total. The van der Waals surface area contributed by atoms with Gasteiger partial charge in [-0.2, -0.15) is 0 Å². The molecule has 0 bridgehead atoms. The molecule has 0 amide bonds. The Hall–Kier alpha value is -4.20. The van der Waals surface area contributed by atoms with Crippen LogP contribution in [0, 0.1) is 5.92 Å². The largest absolute Gasteiger partial charge is 0.369 e. The van der Waals surface area contributed by atoms with E-state index in [9.17, 15) is 0 Å². The maximum absolute atomic E-state index is 6.78. The number of hydrogen-bond donors (Lipinski definition) is 0. The molecule has 0 spiro atoms. The van der Waals surface area contributed by atoms with E-state index in [-0.39, 0.29) is 6.10 Å². The number of fused-ring (bicyclic) bond motifs is 11. The van der Waals surface area contributed by atoms with Crippen LogP contribution in [-0.2, 0) is 24.2 Å². The predicted octanol–water partition coefficient (Wildman–Crippen LogP) is 12.8. The lowest BCUT2D eigenvalue weighted by molar-refractivity contribution is 0.0554. The Kier molecular flexibility index (Phi) is 7.27. The lowest BCUT2D eigenvalue weighted by atomic mass is 9.73. The van der Waals surface area contributed by atoms with E-state index in [1.54, 1.807) is 0 Å². The third-order valence-corrected chi connectivity index (χ3v) is 11.8. The molecule has 1 heterocycles. The van der Waals surface area contributed by atoms with Gasteiger partial charge in [-0.3, -0.25) is 0 Å². The highest BCUT2D eigenvalue weighted by molar-refractivity contribution is 6.10. The molecular weight excluding hydrogens is 569 g/mol. The number of hydrogen-bond acceptors (Lipinski definition) is 1. The molecule has 47 heavy (non-hydrogen) atoms. The van der Waals surface area contributed by atoms with Gasteiger partial charge in [-0.1, -0.05) is 123 Å². The van der Waals surface area contributed by atoms with Gasteiger partial charge in [0.1, 0.15) is 0 Å². The Bertz CT molecular complexity index is 2130. The van der Waals surface area contributed by atoms with Gasteiger partial charge in [-0.05, 0) is 140 Å². The predicted molar refractivity (Wildman–Crippen MR) is 198 cm³/mol. The van der Waals surface area contributed by atoms with Crippen LogP contribution in [0.25, 0.3) is 54.9 Å². The molecule has 1 aliphatic heterocycles. The summed E-state index contributed by atoms with van der Waals surface area (Å²) in [7, 11) is 0. The normalized spacial score (nSPS) is 20.3. The fourth-order valence-electron chi connectivity index (χ4n) is 9.40. The van der Waals surface area contributed by atoms with Crippen molar-refractivity contribution in [2.24, 2.45) is 5.92 Å². The average molecular weight is 613 g/mol. The zero-order valence-corrected chi connectivity index (χ0v) is 27.8. The van der Waals surface area contributed by atoms with Crippen molar-refractivity contribution in [2.45, 2.75) is 83.8 Å². The molecular formula is C46H44O. The monoisotopic (exact) mass is 612 g/mol. The van der Waals surface area contributed by atoms with E-state index in [1.165, 1.54) is 121 Å². The van der Waals surface area contributed by atoms with Gasteiger partial charge in [0.25, 0.3) is 0 Å². The summed E-state index contributed by atoms with van der Waals surface area (Å²) in [5.74, 6) is 1.63. The highest BCUT2D eigenvalue weighted by atomic mass is 16.5. The molecule has 3 aliphatic rings. The lowest BCUT2D eigenvalue weighted by Crippen LogP contribution is -2.13. The van der Waals surface area contributed by atoms with Gasteiger partial charge in [0, 0.05) is 0 Å². The standard InChI is InChI=1S/C46H44O/c1-3-8-30-13-15-31(16-14-30)32-17-19-35(20-18-32)41-27-37-25-24-36-23-21-33-9-4-6-11-39(33)43(36)45(37)46-42(41)29(2)47-28-38-26-22-34-10-5-7-12-40(34)44(38)46/h4-7,9-12,17-23,26-27,29-31H,3,8,13-16,24-25,28H2,1-2H3/t29-,30?,31?/m0/s1. The van der Waals surface area contributed by atoms with Crippen LogP contribution in [0.15, 0.2) is 103 Å². The summed E-state index contributed by atoms with van der Waals surface area (Å²) in [6.07, 6.45) is 10.2. The second-order valence-electron chi connectivity index (χ2n) is 14.5. The van der Waals surface area contributed by atoms with Gasteiger partial charge in [0.15, 0.2) is 0 Å². The van der Waals surface area contributed by atoms with Gasteiger partial charge < -0.3 is 4.74 Å². The van der Waals surface area contributed by atoms with E-state index in [0.717, 1.165) is 18.8 Å². The van der Waals surface area contributed by atoms with Crippen molar-refractivity contribution in [3.8, 4) is 33.4 Å². The first-order chi connectivity index (χ1) is 23.2. The molecule has 6 aromatic rings. The van der Waals surface area contributed by atoms with Gasteiger partial charge in [-0.15, -0.1) is 0 Å². The van der Waals surface area contributed by atoms with Crippen molar-refractivity contribution < 1.29 is 4.74 Å². The molecule has 9 rings (SSSR count). The van der Waals surface area contributed by atoms with E-state index in [4.69, 9.17) is 4.74 Å². The smallest absolute Gasteiger partial charge is 0.0813 e. The van der Waals surface area contributed by atoms with Crippen molar-refractivity contribution in [3.05, 3.63) is 131 Å². The van der Waals surface area contributed by atoms with Crippen LogP contribution in [0.3, 0.4) is 0 Å². The summed E-state index contributed by atoms with van der Waals surface area (Å²) in [5, 5.41) is 5.29. The van der Waals surface area contributed by atoms with Crippen LogP contribution < -0.4 is 0 Å². The second-order valence-corrected chi connectivity index (χ2v) is 14.5. The Morgan fingerprint density at radius 2 is 1.26 bits per heavy atom. The summed E-state index contributed by atoms with van der Waals surface area (Å²) >= 11 is 0. The van der Waals surface area contributed by atoms with E-state index >= 15 is 0 Å². The number of aryl methyl sites for hydroxylation is 2. The Labute approximate surface area is 279 Å². The van der Waals surface area contributed by atoms with Crippen molar-refractivity contribution >= 4 is 21.5 Å². The molecule has 6 aromatic carbocycles. The minimum absolute atomic E-state index is 0.0367. The lowest BCUT2D eigenvalue weighted by Gasteiger charge is -2.30. The molecule has 0 aromatic heterocycles. The van der Waals surface area contributed by atoms with Crippen molar-refractivity contribution in [1.82, 2.24) is 0 Å². The minimum Gasteiger partial charge on any atom is -0.369 e. The Balaban J connectivity index is 1.28. The Morgan fingerprint density at radius 3 is 1.96 bits per heavy atom. The molecule has 1 atom stereocenters. The molecule has 1 fully saturated rings. The van der Waals surface area contributed by atoms with E-state index in [1.807, 2.05) is 0 Å². The first-order valence-electron chi connectivity index (χ1n) is 18.1. The first kappa shape index (κ1) is 29.0. The zero-order chi connectivity index (χ0) is 31.5. The van der Waals surface area contributed by atoms with Crippen LogP contribution in [0.5, 0.6) is 0 Å². The average Bonchev–Trinajstić information content (AvgIpc) is 3.28. The number of ether oxygens (including phenoxy) is 1. The molecule has 1 heteroatoms. The highest BCUT2D eigenvalue weighted by Crippen LogP contribution is 2.53. The van der Waals surface area contributed by atoms with Crippen LogP contribution in [-0.4, -0.2) is 0 Å².